The van der Waals surface area contributed by atoms with Crippen LogP contribution in [0.15, 0.2) is 22.7 Å². The number of carbonyl (C=O) groups is 1. The molecule has 0 N–H and O–H groups in total. The van der Waals surface area contributed by atoms with E-state index < -0.39 is 17.6 Å². The van der Waals surface area contributed by atoms with Crippen LogP contribution in [-0.4, -0.2) is 11.2 Å². The van der Waals surface area contributed by atoms with Gasteiger partial charge in [-0.25, -0.2) is 8.78 Å². The first-order valence-corrected chi connectivity index (χ1v) is 5.42. The average molecular weight is 298 g/mol. The number of hydrogen-bond acceptors (Lipinski definition) is 1. The lowest BCUT2D eigenvalue weighted by Crippen LogP contribution is -2.13. The highest BCUT2D eigenvalue weighted by molar-refractivity contribution is 9.10. The van der Waals surface area contributed by atoms with Crippen molar-refractivity contribution in [1.29, 1.82) is 0 Å². The van der Waals surface area contributed by atoms with Gasteiger partial charge in [-0.05, 0) is 19.1 Å². The number of rotatable bonds is 3. The molecule has 0 saturated carbocycles. The summed E-state index contributed by atoms with van der Waals surface area (Å²) in [6, 6.07) is 4.06. The Morgan fingerprint density at radius 1 is 1.47 bits per heavy atom. The maximum atomic E-state index is 12.6. The number of benzene rings is 1. The smallest absolute Gasteiger partial charge is 0.264 e. The third-order valence-corrected chi connectivity index (χ3v) is 2.57. The van der Waals surface area contributed by atoms with Crippen molar-refractivity contribution < 1.29 is 13.6 Å². The average Bonchev–Trinajstić information content (AvgIpc) is 2.15. The van der Waals surface area contributed by atoms with E-state index in [2.05, 4.69) is 15.9 Å². The molecule has 1 nitrogen and oxygen atoms in total. The van der Waals surface area contributed by atoms with E-state index in [1.165, 1.54) is 25.1 Å². The minimum atomic E-state index is -2.67. The van der Waals surface area contributed by atoms with Crippen LogP contribution in [-0.2, 0) is 0 Å². The number of Topliss-reactive ketones (excluding diaryl/α,β-unsaturated/α-hetero) is 1. The molecular formula is C10H8BrClF2O. The van der Waals surface area contributed by atoms with Crippen LogP contribution in [0.25, 0.3) is 0 Å². The molecule has 0 amide bonds. The molecule has 15 heavy (non-hydrogen) atoms. The van der Waals surface area contributed by atoms with Gasteiger partial charge in [0.15, 0.2) is 5.78 Å². The molecule has 1 aromatic carbocycles. The Morgan fingerprint density at radius 3 is 2.53 bits per heavy atom. The monoisotopic (exact) mass is 296 g/mol. The minimum absolute atomic E-state index is 0.0260. The van der Waals surface area contributed by atoms with Crippen molar-refractivity contribution in [3.63, 3.8) is 0 Å². The van der Waals surface area contributed by atoms with Gasteiger partial charge in [-0.2, -0.15) is 0 Å². The molecule has 1 atom stereocenters. The van der Waals surface area contributed by atoms with E-state index in [1.54, 1.807) is 0 Å². The van der Waals surface area contributed by atoms with Crippen LogP contribution in [0.5, 0.6) is 0 Å². The number of halogens is 4. The zero-order valence-electron chi connectivity index (χ0n) is 7.81. The summed E-state index contributed by atoms with van der Waals surface area (Å²) >= 11 is 8.70. The van der Waals surface area contributed by atoms with Crippen molar-refractivity contribution in [2.75, 3.05) is 0 Å². The molecule has 82 valence electrons. The highest BCUT2D eigenvalue weighted by Crippen LogP contribution is 2.27. The molecule has 0 aliphatic carbocycles. The largest absolute Gasteiger partial charge is 0.293 e. The summed E-state index contributed by atoms with van der Waals surface area (Å²) in [6.07, 6.45) is -2.67. The van der Waals surface area contributed by atoms with E-state index in [0.29, 0.717) is 4.47 Å². The van der Waals surface area contributed by atoms with Crippen LogP contribution in [0.1, 0.15) is 29.3 Å². The molecule has 0 saturated heterocycles. The molecule has 0 radical (unpaired) electrons. The molecule has 0 aromatic heterocycles. The summed E-state index contributed by atoms with van der Waals surface area (Å²) in [5.41, 5.74) is -0.308. The van der Waals surface area contributed by atoms with Gasteiger partial charge < -0.3 is 0 Å². The van der Waals surface area contributed by atoms with Crippen LogP contribution < -0.4 is 0 Å². The number of hydrogen-bond donors (Lipinski definition) is 0. The van der Waals surface area contributed by atoms with E-state index in [1.807, 2.05) is 0 Å². The van der Waals surface area contributed by atoms with Crippen LogP contribution >= 0.6 is 27.5 Å². The molecule has 0 bridgehead atoms. The molecule has 1 aromatic rings. The molecule has 0 heterocycles. The number of carbonyl (C=O) groups excluding carboxylic acids is 1. The van der Waals surface area contributed by atoms with Crippen LogP contribution in [0.4, 0.5) is 8.78 Å². The van der Waals surface area contributed by atoms with Crippen molar-refractivity contribution in [3.05, 3.63) is 33.8 Å². The fourth-order valence-electron chi connectivity index (χ4n) is 1.15. The second kappa shape index (κ2) is 5.03. The molecule has 1 rings (SSSR count). The Bertz CT molecular complexity index is 380. The highest BCUT2D eigenvalue weighted by Gasteiger charge is 2.21. The number of ketones is 1. The number of alkyl halides is 3. The van der Waals surface area contributed by atoms with Crippen molar-refractivity contribution in [1.82, 2.24) is 0 Å². The summed E-state index contributed by atoms with van der Waals surface area (Å²) < 4.78 is 25.7. The van der Waals surface area contributed by atoms with E-state index in [0.717, 1.165) is 0 Å². The molecule has 1 unspecified atom stereocenters. The summed E-state index contributed by atoms with van der Waals surface area (Å²) in [7, 11) is 0. The summed E-state index contributed by atoms with van der Waals surface area (Å²) in [4.78, 5) is 11.5. The molecule has 0 aliphatic rings. The summed E-state index contributed by atoms with van der Waals surface area (Å²) in [5.74, 6) is -0.492. The second-order valence-electron chi connectivity index (χ2n) is 3.01. The first-order chi connectivity index (χ1) is 6.93. The van der Waals surface area contributed by atoms with Gasteiger partial charge in [0.05, 0.1) is 5.38 Å². The third-order valence-electron chi connectivity index (χ3n) is 1.88. The first kappa shape index (κ1) is 12.6. The van der Waals surface area contributed by atoms with Crippen molar-refractivity contribution in [2.45, 2.75) is 18.7 Å². The first-order valence-electron chi connectivity index (χ1n) is 4.19. The predicted octanol–water partition coefficient (Wildman–Crippen LogP) is 4.20. The Morgan fingerprint density at radius 2 is 2.07 bits per heavy atom. The normalized spacial score (nSPS) is 12.9. The fourth-order valence-corrected chi connectivity index (χ4v) is 1.63. The Labute approximate surface area is 99.6 Å². The second-order valence-corrected chi connectivity index (χ2v) is 4.58. The Balaban J connectivity index is 3.24. The lowest BCUT2D eigenvalue weighted by Gasteiger charge is -2.09. The maximum absolute atomic E-state index is 12.6. The topological polar surface area (TPSA) is 17.1 Å². The van der Waals surface area contributed by atoms with Crippen molar-refractivity contribution >= 4 is 33.3 Å². The minimum Gasteiger partial charge on any atom is -0.293 e. The molecule has 0 fully saturated rings. The van der Waals surface area contributed by atoms with Gasteiger partial charge in [0.25, 0.3) is 6.43 Å². The van der Waals surface area contributed by atoms with Gasteiger partial charge >= 0.3 is 0 Å². The zero-order chi connectivity index (χ0) is 11.6. The quantitative estimate of drug-likeness (QED) is 0.604. The highest BCUT2D eigenvalue weighted by atomic mass is 79.9. The van der Waals surface area contributed by atoms with Gasteiger partial charge in [-0.1, -0.05) is 22.0 Å². The fraction of sp³-hybridized carbons (Fsp3) is 0.300. The Kier molecular flexibility index (Phi) is 4.22. The molecule has 5 heteroatoms. The standard InChI is InChI=1S/C10H8BrClF2O/c1-5(12)9(15)8-4-6(11)2-3-7(8)10(13)14/h2-5,10H,1H3. The van der Waals surface area contributed by atoms with E-state index in [-0.39, 0.29) is 11.1 Å². The van der Waals surface area contributed by atoms with E-state index in [4.69, 9.17) is 11.6 Å². The van der Waals surface area contributed by atoms with Crippen LogP contribution in [0, 0.1) is 0 Å². The SMILES string of the molecule is CC(Cl)C(=O)c1cc(Br)ccc1C(F)F. The summed E-state index contributed by atoms with van der Waals surface area (Å²) in [6.45, 7) is 1.46. The van der Waals surface area contributed by atoms with Crippen molar-refractivity contribution in [3.8, 4) is 0 Å². The molecular weight excluding hydrogens is 289 g/mol. The maximum Gasteiger partial charge on any atom is 0.264 e. The lowest BCUT2D eigenvalue weighted by atomic mass is 10.0. The van der Waals surface area contributed by atoms with Crippen LogP contribution in [0.2, 0.25) is 0 Å². The van der Waals surface area contributed by atoms with Crippen LogP contribution in [0.3, 0.4) is 0 Å². The molecule has 0 aliphatic heterocycles. The van der Waals surface area contributed by atoms with E-state index in [9.17, 15) is 13.6 Å². The predicted molar refractivity (Wildman–Crippen MR) is 58.7 cm³/mol. The van der Waals surface area contributed by atoms with Gasteiger partial charge in [0.2, 0.25) is 0 Å². The van der Waals surface area contributed by atoms with Gasteiger partial charge in [-0.15, -0.1) is 11.6 Å². The van der Waals surface area contributed by atoms with Gasteiger partial charge in [0, 0.05) is 15.6 Å². The lowest BCUT2D eigenvalue weighted by molar-refractivity contribution is 0.0977. The molecule has 0 spiro atoms. The summed E-state index contributed by atoms with van der Waals surface area (Å²) in [5, 5.41) is -0.809. The van der Waals surface area contributed by atoms with E-state index >= 15 is 0 Å². The third kappa shape index (κ3) is 2.98. The van der Waals surface area contributed by atoms with Gasteiger partial charge in [0.1, 0.15) is 0 Å². The van der Waals surface area contributed by atoms with Gasteiger partial charge in [-0.3, -0.25) is 4.79 Å². The Hall–Kier alpha value is -0.480. The zero-order valence-corrected chi connectivity index (χ0v) is 10.1. The van der Waals surface area contributed by atoms with Crippen molar-refractivity contribution in [2.24, 2.45) is 0 Å².